The van der Waals surface area contributed by atoms with Crippen LogP contribution in [0.25, 0.3) is 0 Å². The molecule has 0 fully saturated rings. The van der Waals surface area contributed by atoms with Gasteiger partial charge >= 0.3 is 0 Å². The molecular weight excluding hydrogens is 400 g/mol. The molecule has 6 nitrogen and oxygen atoms in total. The first-order chi connectivity index (χ1) is 14.4. The fourth-order valence-electron chi connectivity index (χ4n) is 3.59. The van der Waals surface area contributed by atoms with Crippen LogP contribution in [0.2, 0.25) is 0 Å². The molecule has 0 saturated heterocycles. The van der Waals surface area contributed by atoms with Crippen LogP contribution in [0.15, 0.2) is 48.3 Å². The second-order valence-electron chi connectivity index (χ2n) is 7.17. The maximum absolute atomic E-state index is 13.4. The van der Waals surface area contributed by atoms with E-state index >= 15 is 0 Å². The quantitative estimate of drug-likeness (QED) is 0.464. The van der Waals surface area contributed by atoms with Crippen molar-refractivity contribution >= 4 is 23.0 Å². The maximum Gasteiger partial charge on any atom is 0.290 e. The first kappa shape index (κ1) is 21.8. The van der Waals surface area contributed by atoms with Crippen molar-refractivity contribution in [1.82, 2.24) is 9.88 Å². The summed E-state index contributed by atoms with van der Waals surface area (Å²) in [6.07, 6.45) is 3.30. The normalized spacial score (nSPS) is 16.3. The molecule has 1 aliphatic rings. The van der Waals surface area contributed by atoms with Gasteiger partial charge in [-0.05, 0) is 38.0 Å². The predicted molar refractivity (Wildman–Crippen MR) is 117 cm³/mol. The van der Waals surface area contributed by atoms with E-state index in [2.05, 4.69) is 11.6 Å². The highest BCUT2D eigenvalue weighted by atomic mass is 32.1. The van der Waals surface area contributed by atoms with Crippen LogP contribution in [0.1, 0.15) is 51.7 Å². The minimum atomic E-state index is -0.675. The van der Waals surface area contributed by atoms with E-state index in [1.54, 1.807) is 24.0 Å². The Morgan fingerprint density at radius 1 is 1.40 bits per heavy atom. The molecule has 0 radical (unpaired) electrons. The molecule has 158 valence electrons. The van der Waals surface area contributed by atoms with Crippen molar-refractivity contribution in [2.45, 2.75) is 39.7 Å². The number of amides is 1. The second-order valence-corrected chi connectivity index (χ2v) is 8.37. The second kappa shape index (κ2) is 9.26. The monoisotopic (exact) mass is 426 g/mol. The van der Waals surface area contributed by atoms with E-state index in [1.165, 1.54) is 11.3 Å². The molecule has 30 heavy (non-hydrogen) atoms. The summed E-state index contributed by atoms with van der Waals surface area (Å²) < 4.78 is 5.64. The van der Waals surface area contributed by atoms with Crippen molar-refractivity contribution < 1.29 is 19.4 Å². The third kappa shape index (κ3) is 4.16. The molecule has 7 heteroatoms. The Morgan fingerprint density at radius 2 is 2.17 bits per heavy atom. The summed E-state index contributed by atoms with van der Waals surface area (Å²) >= 11 is 1.27. The number of benzene rings is 1. The lowest BCUT2D eigenvalue weighted by atomic mass is 9.94. The van der Waals surface area contributed by atoms with Crippen LogP contribution in [0.3, 0.4) is 0 Å². The number of aliphatic hydroxyl groups is 1. The Morgan fingerprint density at radius 3 is 2.80 bits per heavy atom. The largest absolute Gasteiger partial charge is 0.503 e. The van der Waals surface area contributed by atoms with Crippen LogP contribution < -0.4 is 4.74 Å². The van der Waals surface area contributed by atoms with Gasteiger partial charge in [-0.1, -0.05) is 38.1 Å². The molecule has 1 aliphatic heterocycles. The standard InChI is InChI=1S/C23H26N2O4S/c1-5-7-11-25-19(16-9-8-10-17(13-16)29-12-6-2)18(21(27)23(25)28)20(26)22-14(3)24-15(4)30-22/h6,8-10,13,19,27H,2,5,7,11-12H2,1,3-4H3. The summed E-state index contributed by atoms with van der Waals surface area (Å²) in [4.78, 5) is 32.7. The van der Waals surface area contributed by atoms with Crippen molar-refractivity contribution in [2.75, 3.05) is 13.2 Å². The molecule has 0 bridgehead atoms. The number of aryl methyl sites for hydroxylation is 2. The lowest BCUT2D eigenvalue weighted by Gasteiger charge is -2.27. The van der Waals surface area contributed by atoms with Gasteiger partial charge in [0.05, 0.1) is 27.2 Å². The van der Waals surface area contributed by atoms with Gasteiger partial charge in [0, 0.05) is 6.54 Å². The Kier molecular flexibility index (Phi) is 6.72. The van der Waals surface area contributed by atoms with Gasteiger partial charge in [-0.15, -0.1) is 11.3 Å². The van der Waals surface area contributed by atoms with Crippen LogP contribution in [-0.4, -0.2) is 39.8 Å². The zero-order valence-corrected chi connectivity index (χ0v) is 18.3. The minimum absolute atomic E-state index is 0.101. The third-order valence-corrected chi connectivity index (χ3v) is 6.02. The SMILES string of the molecule is C=CCOc1cccc(C2C(C(=O)c3sc(C)nc3C)=C(O)C(=O)N2CCCC)c1. The molecule has 2 aromatic rings. The molecule has 0 spiro atoms. The number of ketones is 1. The van der Waals surface area contributed by atoms with Crippen molar-refractivity contribution in [1.29, 1.82) is 0 Å². The van der Waals surface area contributed by atoms with Crippen LogP contribution >= 0.6 is 11.3 Å². The topological polar surface area (TPSA) is 79.7 Å². The van der Waals surface area contributed by atoms with Crippen LogP contribution in [0.4, 0.5) is 0 Å². The number of carbonyl (C=O) groups excluding carboxylic acids is 2. The zero-order valence-electron chi connectivity index (χ0n) is 17.5. The van der Waals surface area contributed by atoms with Gasteiger partial charge in [-0.2, -0.15) is 0 Å². The molecule has 1 aromatic heterocycles. The van der Waals surface area contributed by atoms with E-state index in [1.807, 2.05) is 32.0 Å². The number of hydrogen-bond acceptors (Lipinski definition) is 6. The Hall–Kier alpha value is -2.93. The number of hydrogen-bond donors (Lipinski definition) is 1. The first-order valence-corrected chi connectivity index (χ1v) is 10.8. The van der Waals surface area contributed by atoms with Crippen LogP contribution in [0.5, 0.6) is 5.75 Å². The number of rotatable bonds is 9. The molecule has 3 rings (SSSR count). The third-order valence-electron chi connectivity index (χ3n) is 4.95. The average Bonchev–Trinajstić information content (AvgIpc) is 3.20. The van der Waals surface area contributed by atoms with E-state index < -0.39 is 17.7 Å². The zero-order chi connectivity index (χ0) is 21.8. The number of carbonyl (C=O) groups is 2. The summed E-state index contributed by atoms with van der Waals surface area (Å²) in [5.41, 5.74) is 1.42. The molecule has 0 saturated carbocycles. The maximum atomic E-state index is 13.4. The fourth-order valence-corrected chi connectivity index (χ4v) is 4.46. The van der Waals surface area contributed by atoms with E-state index in [4.69, 9.17) is 4.74 Å². The predicted octanol–water partition coefficient (Wildman–Crippen LogP) is 4.70. The van der Waals surface area contributed by atoms with Gasteiger partial charge < -0.3 is 14.7 Å². The molecule has 2 heterocycles. The van der Waals surface area contributed by atoms with Gasteiger partial charge in [0.1, 0.15) is 12.4 Å². The van der Waals surface area contributed by atoms with Crippen molar-refractivity contribution in [3.8, 4) is 5.75 Å². The number of unbranched alkanes of at least 4 members (excludes halogenated alkanes) is 1. The molecule has 1 atom stereocenters. The molecule has 1 aromatic carbocycles. The number of thiazole rings is 1. The molecule has 0 aliphatic carbocycles. The molecule has 1 unspecified atom stereocenters. The van der Waals surface area contributed by atoms with Gasteiger partial charge in [0.15, 0.2) is 5.76 Å². The fraction of sp³-hybridized carbons (Fsp3) is 0.348. The molecule has 1 N–H and O–H groups in total. The highest BCUT2D eigenvalue weighted by Crippen LogP contribution is 2.41. The van der Waals surface area contributed by atoms with E-state index in [9.17, 15) is 14.7 Å². The molecular formula is C23H26N2O4S. The summed E-state index contributed by atoms with van der Waals surface area (Å²) in [5.74, 6) is -0.749. The lowest BCUT2D eigenvalue weighted by Crippen LogP contribution is -2.32. The van der Waals surface area contributed by atoms with Crippen LogP contribution in [0, 0.1) is 13.8 Å². The number of Topliss-reactive ketones (excluding diaryl/α,β-unsaturated/α-hetero) is 1. The summed E-state index contributed by atoms with van der Waals surface area (Å²) in [6.45, 7) is 10.1. The smallest absolute Gasteiger partial charge is 0.290 e. The summed E-state index contributed by atoms with van der Waals surface area (Å²) in [5, 5.41) is 11.5. The van der Waals surface area contributed by atoms with Crippen molar-refractivity contribution in [2.24, 2.45) is 0 Å². The highest BCUT2D eigenvalue weighted by molar-refractivity contribution is 7.14. The van der Waals surface area contributed by atoms with Crippen LogP contribution in [-0.2, 0) is 4.79 Å². The molecule has 1 amide bonds. The van der Waals surface area contributed by atoms with E-state index in [-0.39, 0.29) is 11.4 Å². The number of aromatic nitrogens is 1. The first-order valence-electron chi connectivity index (χ1n) is 9.95. The Balaban J connectivity index is 2.08. The van der Waals surface area contributed by atoms with Gasteiger partial charge in [0.25, 0.3) is 5.91 Å². The summed E-state index contributed by atoms with van der Waals surface area (Å²) in [6, 6.07) is 6.59. The lowest BCUT2D eigenvalue weighted by molar-refractivity contribution is -0.129. The number of aliphatic hydroxyl groups excluding tert-OH is 1. The minimum Gasteiger partial charge on any atom is -0.503 e. The van der Waals surface area contributed by atoms with Crippen molar-refractivity contribution in [3.05, 3.63) is 69.4 Å². The summed E-state index contributed by atoms with van der Waals surface area (Å²) in [7, 11) is 0. The van der Waals surface area contributed by atoms with E-state index in [0.717, 1.165) is 17.8 Å². The Bertz CT molecular complexity index is 1010. The van der Waals surface area contributed by atoms with Gasteiger partial charge in [-0.3, -0.25) is 9.59 Å². The average molecular weight is 427 g/mol. The van der Waals surface area contributed by atoms with E-state index in [0.29, 0.717) is 35.0 Å². The Labute approximate surface area is 180 Å². The number of ether oxygens (including phenoxy) is 1. The van der Waals surface area contributed by atoms with Gasteiger partial charge in [-0.25, -0.2) is 4.98 Å². The van der Waals surface area contributed by atoms with Crippen molar-refractivity contribution in [3.63, 3.8) is 0 Å². The highest BCUT2D eigenvalue weighted by Gasteiger charge is 2.44. The number of nitrogens with zero attached hydrogens (tertiary/aromatic N) is 2. The van der Waals surface area contributed by atoms with Gasteiger partial charge in [0.2, 0.25) is 5.78 Å².